The maximum absolute atomic E-state index is 10.9. The van der Waals surface area contributed by atoms with Crippen molar-refractivity contribution < 1.29 is 17.4 Å². The number of rotatable bonds is 2. The van der Waals surface area contributed by atoms with E-state index in [1.54, 1.807) is 6.07 Å². The molecule has 88 valence electrons. The Morgan fingerprint density at radius 1 is 1.31 bits per heavy atom. The molecule has 0 radical (unpaired) electrons. The molecule has 1 aromatic heterocycles. The fraction of sp³-hybridized carbons (Fsp3) is 0.111. The summed E-state index contributed by atoms with van der Waals surface area (Å²) in [6.45, 7) is 0. The van der Waals surface area contributed by atoms with Gasteiger partial charge in [-0.25, -0.2) is 0 Å². The molecule has 4 nitrogen and oxygen atoms in total. The lowest BCUT2D eigenvalue weighted by Gasteiger charge is -1.95. The normalized spacial score (nSPS) is 11.4. The Morgan fingerprint density at radius 3 is 2.56 bits per heavy atom. The van der Waals surface area contributed by atoms with E-state index >= 15 is 0 Å². The first-order valence-electron chi connectivity index (χ1n) is 4.06. The monoisotopic (exact) mass is 326 g/mol. The van der Waals surface area contributed by atoms with E-state index in [0.29, 0.717) is 22.1 Å². The Hall–Kier alpha value is -0.560. The van der Waals surface area contributed by atoms with Gasteiger partial charge < -0.3 is 4.42 Å². The molecule has 2 aromatic rings. The van der Waals surface area contributed by atoms with Gasteiger partial charge in [-0.3, -0.25) is 4.55 Å². The maximum atomic E-state index is 10.9. The third-order valence-corrected chi connectivity index (χ3v) is 3.37. The van der Waals surface area contributed by atoms with Crippen LogP contribution in [0.2, 0.25) is 0 Å². The molecule has 0 saturated heterocycles. The van der Waals surface area contributed by atoms with E-state index in [2.05, 4.69) is 15.9 Å². The standard InChI is InChI=1S/C9H7BrO4S.ClH/c10-5-7-3-6-4-8(15(11,12)13)1-2-9(6)14-7;/h1-4H,5H2,(H,11,12,13);1H. The van der Waals surface area contributed by atoms with Crippen molar-refractivity contribution >= 4 is 49.4 Å². The molecular weight excluding hydrogens is 320 g/mol. The van der Waals surface area contributed by atoms with Crippen LogP contribution in [0.25, 0.3) is 11.0 Å². The molecule has 1 heterocycles. The van der Waals surface area contributed by atoms with E-state index in [4.69, 9.17) is 8.97 Å². The van der Waals surface area contributed by atoms with Crippen molar-refractivity contribution in [2.24, 2.45) is 0 Å². The van der Waals surface area contributed by atoms with Crippen LogP contribution in [0.5, 0.6) is 0 Å². The molecular formula is C9H8BrClO4S. The maximum Gasteiger partial charge on any atom is 0.294 e. The molecule has 1 N–H and O–H groups in total. The highest BCUT2D eigenvalue weighted by Crippen LogP contribution is 2.23. The lowest BCUT2D eigenvalue weighted by Crippen LogP contribution is -1.96. The molecule has 0 spiro atoms. The quantitative estimate of drug-likeness (QED) is 0.680. The van der Waals surface area contributed by atoms with Crippen molar-refractivity contribution in [1.82, 2.24) is 0 Å². The zero-order chi connectivity index (χ0) is 11.1. The topological polar surface area (TPSA) is 67.5 Å². The van der Waals surface area contributed by atoms with Crippen LogP contribution >= 0.6 is 28.3 Å². The molecule has 1 aromatic carbocycles. The summed E-state index contributed by atoms with van der Waals surface area (Å²) >= 11 is 3.23. The molecule has 0 saturated carbocycles. The Kier molecular flexibility index (Phi) is 4.01. The average molecular weight is 328 g/mol. The van der Waals surface area contributed by atoms with Crippen LogP contribution in [-0.2, 0) is 15.4 Å². The summed E-state index contributed by atoms with van der Waals surface area (Å²) in [4.78, 5) is -0.128. The number of alkyl halides is 1. The number of halogens is 2. The predicted octanol–water partition coefficient (Wildman–Crippen LogP) is 3.00. The van der Waals surface area contributed by atoms with Crippen LogP contribution < -0.4 is 0 Å². The number of fused-ring (bicyclic) bond motifs is 1. The summed E-state index contributed by atoms with van der Waals surface area (Å²) in [5.41, 5.74) is 0.594. The summed E-state index contributed by atoms with van der Waals surface area (Å²) in [6, 6.07) is 5.92. The first-order valence-corrected chi connectivity index (χ1v) is 6.63. The van der Waals surface area contributed by atoms with Crippen LogP contribution in [0.3, 0.4) is 0 Å². The van der Waals surface area contributed by atoms with Gasteiger partial charge in [0.2, 0.25) is 0 Å². The Bertz CT molecular complexity index is 605. The molecule has 2 rings (SSSR count). The van der Waals surface area contributed by atoms with Crippen LogP contribution in [0.1, 0.15) is 5.76 Å². The number of hydrogen-bond donors (Lipinski definition) is 1. The third kappa shape index (κ3) is 2.57. The molecule has 0 aliphatic heterocycles. The Labute approximate surface area is 107 Å². The predicted molar refractivity (Wildman–Crippen MR) is 65.9 cm³/mol. The zero-order valence-electron chi connectivity index (χ0n) is 7.88. The molecule has 0 aliphatic carbocycles. The smallest absolute Gasteiger partial charge is 0.294 e. The van der Waals surface area contributed by atoms with Gasteiger partial charge in [0.15, 0.2) is 0 Å². The van der Waals surface area contributed by atoms with Crippen LogP contribution in [-0.4, -0.2) is 13.0 Å². The third-order valence-electron chi connectivity index (χ3n) is 1.97. The Morgan fingerprint density at radius 2 is 2.00 bits per heavy atom. The van der Waals surface area contributed by atoms with Gasteiger partial charge in [0.25, 0.3) is 10.1 Å². The van der Waals surface area contributed by atoms with Gasteiger partial charge in [-0.2, -0.15) is 8.42 Å². The average Bonchev–Trinajstić information content (AvgIpc) is 2.57. The molecule has 0 unspecified atom stereocenters. The summed E-state index contributed by atoms with van der Waals surface area (Å²) in [5.74, 6) is 0.706. The summed E-state index contributed by atoms with van der Waals surface area (Å²) in [5, 5.41) is 1.21. The van der Waals surface area contributed by atoms with Crippen LogP contribution in [0, 0.1) is 0 Å². The van der Waals surface area contributed by atoms with Crippen molar-refractivity contribution in [2.45, 2.75) is 10.2 Å². The summed E-state index contributed by atoms with van der Waals surface area (Å²) < 4.78 is 35.9. The van der Waals surface area contributed by atoms with Gasteiger partial charge in [0, 0.05) is 5.39 Å². The van der Waals surface area contributed by atoms with E-state index < -0.39 is 10.1 Å². The highest BCUT2D eigenvalue weighted by Gasteiger charge is 2.11. The number of benzene rings is 1. The van der Waals surface area contributed by atoms with E-state index in [1.165, 1.54) is 18.2 Å². The highest BCUT2D eigenvalue weighted by molar-refractivity contribution is 9.08. The highest BCUT2D eigenvalue weighted by atomic mass is 79.9. The van der Waals surface area contributed by atoms with Gasteiger partial charge in [-0.15, -0.1) is 12.4 Å². The van der Waals surface area contributed by atoms with Crippen molar-refractivity contribution in [1.29, 1.82) is 0 Å². The minimum atomic E-state index is -4.15. The van der Waals surface area contributed by atoms with E-state index in [0.717, 1.165) is 0 Å². The molecule has 0 amide bonds. The second-order valence-corrected chi connectivity index (χ2v) is 5.00. The number of hydrogen-bond acceptors (Lipinski definition) is 3. The van der Waals surface area contributed by atoms with E-state index in [9.17, 15) is 8.42 Å². The molecule has 0 atom stereocenters. The molecule has 0 aliphatic rings. The molecule has 0 bridgehead atoms. The lowest BCUT2D eigenvalue weighted by molar-refractivity contribution is 0.483. The molecule has 16 heavy (non-hydrogen) atoms. The summed E-state index contributed by atoms with van der Waals surface area (Å²) in [7, 11) is -4.15. The number of furan rings is 1. The SMILES string of the molecule is Cl.O=S(=O)(O)c1ccc2oc(CBr)cc2c1. The van der Waals surface area contributed by atoms with Gasteiger partial charge in [-0.05, 0) is 24.3 Å². The van der Waals surface area contributed by atoms with Crippen molar-refractivity contribution in [3.05, 3.63) is 30.0 Å². The van der Waals surface area contributed by atoms with Crippen molar-refractivity contribution in [3.63, 3.8) is 0 Å². The van der Waals surface area contributed by atoms with Crippen LogP contribution in [0.15, 0.2) is 33.6 Å². The minimum Gasteiger partial charge on any atom is -0.460 e. The zero-order valence-corrected chi connectivity index (χ0v) is 11.1. The molecule has 7 heteroatoms. The Balaban J connectivity index is 0.00000128. The van der Waals surface area contributed by atoms with Crippen molar-refractivity contribution in [3.8, 4) is 0 Å². The van der Waals surface area contributed by atoms with Crippen LogP contribution in [0.4, 0.5) is 0 Å². The van der Waals surface area contributed by atoms with E-state index in [1.807, 2.05) is 0 Å². The van der Waals surface area contributed by atoms with Gasteiger partial charge >= 0.3 is 0 Å². The second kappa shape index (κ2) is 4.75. The first kappa shape index (κ1) is 13.5. The van der Waals surface area contributed by atoms with Gasteiger partial charge in [0.1, 0.15) is 11.3 Å². The minimum absolute atomic E-state index is 0. The van der Waals surface area contributed by atoms with Gasteiger partial charge in [0.05, 0.1) is 10.2 Å². The molecule has 0 fully saturated rings. The van der Waals surface area contributed by atoms with E-state index in [-0.39, 0.29) is 17.3 Å². The fourth-order valence-corrected chi connectivity index (χ4v) is 2.09. The fourth-order valence-electron chi connectivity index (χ4n) is 1.30. The van der Waals surface area contributed by atoms with Gasteiger partial charge in [-0.1, -0.05) is 15.9 Å². The lowest BCUT2D eigenvalue weighted by atomic mass is 10.2. The van der Waals surface area contributed by atoms with Crippen molar-refractivity contribution in [2.75, 3.05) is 0 Å². The second-order valence-electron chi connectivity index (χ2n) is 3.02. The summed E-state index contributed by atoms with van der Waals surface area (Å²) in [6.07, 6.45) is 0. The largest absolute Gasteiger partial charge is 0.460 e. The first-order chi connectivity index (χ1) is 7.00.